The number of dihydropyridines is 1. The van der Waals surface area contributed by atoms with E-state index in [0.717, 1.165) is 0 Å². The number of carboxylic acid groups (broad SMARTS) is 2. The Morgan fingerprint density at radius 3 is 2.37 bits per heavy atom. The molecule has 144 valence electrons. The van der Waals surface area contributed by atoms with Crippen molar-refractivity contribution in [2.75, 3.05) is 20.6 Å². The molecule has 9 nitrogen and oxygen atoms in total. The lowest BCUT2D eigenvalue weighted by molar-refractivity contribution is -0.384. The van der Waals surface area contributed by atoms with Crippen LogP contribution in [0.2, 0.25) is 0 Å². The van der Waals surface area contributed by atoms with Gasteiger partial charge in [-0.3, -0.25) is 10.1 Å². The van der Waals surface area contributed by atoms with Gasteiger partial charge in [-0.2, -0.15) is 0 Å². The Morgan fingerprint density at radius 2 is 1.85 bits per heavy atom. The molecule has 27 heavy (non-hydrogen) atoms. The van der Waals surface area contributed by atoms with E-state index in [0.29, 0.717) is 24.4 Å². The van der Waals surface area contributed by atoms with E-state index in [1.165, 1.54) is 24.3 Å². The van der Waals surface area contributed by atoms with Crippen molar-refractivity contribution in [3.8, 4) is 0 Å². The minimum Gasteiger partial charge on any atom is -0.478 e. The van der Waals surface area contributed by atoms with Gasteiger partial charge in [0.15, 0.2) is 0 Å². The van der Waals surface area contributed by atoms with Gasteiger partial charge in [-0.1, -0.05) is 12.1 Å². The summed E-state index contributed by atoms with van der Waals surface area (Å²) >= 11 is 0. The minimum atomic E-state index is -1.28. The normalized spacial score (nSPS) is 17.1. The van der Waals surface area contributed by atoms with Crippen LogP contribution in [0.25, 0.3) is 0 Å². The Hall–Kier alpha value is -3.20. The maximum atomic E-state index is 12.0. The van der Waals surface area contributed by atoms with Gasteiger partial charge in [0, 0.05) is 36.5 Å². The van der Waals surface area contributed by atoms with Crippen molar-refractivity contribution in [3.63, 3.8) is 0 Å². The van der Waals surface area contributed by atoms with E-state index in [-0.39, 0.29) is 22.4 Å². The second kappa shape index (κ2) is 8.00. The van der Waals surface area contributed by atoms with Crippen LogP contribution in [0.1, 0.15) is 24.8 Å². The third-order valence-electron chi connectivity index (χ3n) is 4.33. The Bertz CT molecular complexity index is 856. The number of aliphatic carboxylic acids is 2. The smallest absolute Gasteiger partial charge is 0.334 e. The fourth-order valence-corrected chi connectivity index (χ4v) is 3.12. The number of hydrogen-bond acceptors (Lipinski definition) is 6. The van der Waals surface area contributed by atoms with Gasteiger partial charge in [0.1, 0.15) is 0 Å². The standard InChI is InChI=1S/C18H21N3O6/c1-10-14(17(22)23)15(11-5-4-6-12(9-11)21(26)27)16(18(24)25)13(19-10)7-8-20(2)3/h4-6,9,15,19H,7-8H2,1-3H3,(H,22,23)(H,24,25). The van der Waals surface area contributed by atoms with E-state index in [1.807, 2.05) is 19.0 Å². The third kappa shape index (κ3) is 4.32. The second-order valence-electron chi connectivity index (χ2n) is 6.50. The molecular weight excluding hydrogens is 354 g/mol. The predicted molar refractivity (Wildman–Crippen MR) is 97.1 cm³/mol. The zero-order valence-corrected chi connectivity index (χ0v) is 15.2. The molecule has 0 amide bonds. The van der Waals surface area contributed by atoms with Crippen LogP contribution in [0, 0.1) is 10.1 Å². The van der Waals surface area contributed by atoms with E-state index in [2.05, 4.69) is 5.32 Å². The highest BCUT2D eigenvalue weighted by molar-refractivity contribution is 5.98. The number of hydrogen-bond donors (Lipinski definition) is 3. The van der Waals surface area contributed by atoms with Gasteiger partial charge in [-0.05, 0) is 26.6 Å². The first kappa shape index (κ1) is 20.1. The maximum absolute atomic E-state index is 12.0. The number of carbonyl (C=O) groups is 2. The molecule has 0 fully saturated rings. The molecule has 1 aliphatic heterocycles. The maximum Gasteiger partial charge on any atom is 0.334 e. The molecule has 0 spiro atoms. The molecule has 1 aromatic rings. The summed E-state index contributed by atoms with van der Waals surface area (Å²) in [6.45, 7) is 2.11. The molecule has 1 atom stereocenters. The number of carboxylic acids is 2. The van der Waals surface area contributed by atoms with Gasteiger partial charge in [0.2, 0.25) is 0 Å². The van der Waals surface area contributed by atoms with Crippen molar-refractivity contribution >= 4 is 17.6 Å². The number of non-ortho nitro benzene ring substituents is 1. The predicted octanol–water partition coefficient (Wildman–Crippen LogP) is 1.93. The molecule has 0 bridgehead atoms. The molecule has 9 heteroatoms. The molecule has 1 aromatic carbocycles. The van der Waals surface area contributed by atoms with Gasteiger partial charge in [-0.25, -0.2) is 9.59 Å². The van der Waals surface area contributed by atoms with E-state index in [1.54, 1.807) is 6.92 Å². The van der Waals surface area contributed by atoms with E-state index in [9.17, 15) is 29.9 Å². The fraction of sp³-hybridized carbons (Fsp3) is 0.333. The van der Waals surface area contributed by atoms with Crippen LogP contribution >= 0.6 is 0 Å². The van der Waals surface area contributed by atoms with Crippen molar-refractivity contribution in [2.24, 2.45) is 0 Å². The Labute approximate surface area is 155 Å². The number of nitrogens with zero attached hydrogens (tertiary/aromatic N) is 2. The summed E-state index contributed by atoms with van der Waals surface area (Å²) in [4.78, 5) is 36.3. The lowest BCUT2D eigenvalue weighted by Crippen LogP contribution is -2.33. The number of benzene rings is 1. The van der Waals surface area contributed by atoms with Crippen molar-refractivity contribution < 1.29 is 24.7 Å². The van der Waals surface area contributed by atoms with Crippen LogP contribution in [0.5, 0.6) is 0 Å². The second-order valence-corrected chi connectivity index (χ2v) is 6.50. The van der Waals surface area contributed by atoms with Crippen molar-refractivity contribution in [3.05, 3.63) is 62.5 Å². The molecule has 0 radical (unpaired) electrons. The molecule has 0 aromatic heterocycles. The van der Waals surface area contributed by atoms with Crippen LogP contribution < -0.4 is 5.32 Å². The summed E-state index contributed by atoms with van der Waals surface area (Å²) in [5, 5.41) is 33.5. The summed E-state index contributed by atoms with van der Waals surface area (Å²) in [5.41, 5.74) is 0.491. The highest BCUT2D eigenvalue weighted by Crippen LogP contribution is 2.39. The number of nitrogens with one attached hydrogen (secondary N) is 1. The lowest BCUT2D eigenvalue weighted by Gasteiger charge is -2.30. The summed E-state index contributed by atoms with van der Waals surface area (Å²) in [7, 11) is 3.68. The minimum absolute atomic E-state index is 0.111. The van der Waals surface area contributed by atoms with E-state index in [4.69, 9.17) is 0 Å². The largest absolute Gasteiger partial charge is 0.478 e. The number of allylic oxidation sites excluding steroid dienone is 1. The molecule has 0 saturated heterocycles. The zero-order valence-electron chi connectivity index (χ0n) is 15.2. The first-order valence-electron chi connectivity index (χ1n) is 8.20. The number of rotatable bonds is 7. The molecule has 1 aliphatic rings. The summed E-state index contributed by atoms with van der Waals surface area (Å²) < 4.78 is 0. The number of nitro groups is 1. The van der Waals surface area contributed by atoms with E-state index >= 15 is 0 Å². The van der Waals surface area contributed by atoms with Crippen molar-refractivity contribution in [1.29, 1.82) is 0 Å². The Morgan fingerprint density at radius 1 is 1.22 bits per heavy atom. The molecule has 0 saturated carbocycles. The topological polar surface area (TPSA) is 133 Å². The highest BCUT2D eigenvalue weighted by Gasteiger charge is 2.37. The van der Waals surface area contributed by atoms with Crippen LogP contribution in [-0.2, 0) is 9.59 Å². The van der Waals surface area contributed by atoms with Gasteiger partial charge in [-0.15, -0.1) is 0 Å². The number of nitro benzene ring substituents is 1. The van der Waals surface area contributed by atoms with E-state index < -0.39 is 22.8 Å². The van der Waals surface area contributed by atoms with Gasteiger partial charge >= 0.3 is 11.9 Å². The highest BCUT2D eigenvalue weighted by atomic mass is 16.6. The van der Waals surface area contributed by atoms with Gasteiger partial charge < -0.3 is 20.4 Å². The monoisotopic (exact) mass is 375 g/mol. The zero-order chi connectivity index (χ0) is 20.3. The van der Waals surface area contributed by atoms with Crippen molar-refractivity contribution in [1.82, 2.24) is 10.2 Å². The molecule has 2 rings (SSSR count). The first-order chi connectivity index (χ1) is 12.6. The average molecular weight is 375 g/mol. The molecular formula is C18H21N3O6. The van der Waals surface area contributed by atoms with Crippen molar-refractivity contribution in [2.45, 2.75) is 19.3 Å². The summed E-state index contributed by atoms with van der Waals surface area (Å²) in [5.74, 6) is -3.65. The van der Waals surface area contributed by atoms with Gasteiger partial charge in [0.05, 0.1) is 22.0 Å². The average Bonchev–Trinajstić information content (AvgIpc) is 2.58. The first-order valence-corrected chi connectivity index (χ1v) is 8.20. The molecule has 3 N–H and O–H groups in total. The Balaban J connectivity index is 2.68. The Kier molecular flexibility index (Phi) is 5.96. The fourth-order valence-electron chi connectivity index (χ4n) is 3.12. The third-order valence-corrected chi connectivity index (χ3v) is 4.33. The SMILES string of the molecule is CC1=C(C(=O)O)C(c2cccc([N+](=O)[O-])c2)C(C(=O)O)=C(CCN(C)C)N1. The molecule has 1 unspecified atom stereocenters. The van der Waals surface area contributed by atoms with Gasteiger partial charge in [0.25, 0.3) is 5.69 Å². The van der Waals surface area contributed by atoms with Crippen LogP contribution in [-0.4, -0.2) is 52.6 Å². The lowest BCUT2D eigenvalue weighted by atomic mass is 9.79. The molecule has 1 heterocycles. The summed E-state index contributed by atoms with van der Waals surface area (Å²) in [6.07, 6.45) is 0.365. The van der Waals surface area contributed by atoms with Crippen LogP contribution in [0.15, 0.2) is 46.8 Å². The van der Waals surface area contributed by atoms with Crippen LogP contribution in [0.4, 0.5) is 5.69 Å². The summed E-state index contributed by atoms with van der Waals surface area (Å²) in [6, 6.07) is 5.42. The quantitative estimate of drug-likeness (QED) is 0.486. The van der Waals surface area contributed by atoms with Crippen LogP contribution in [0.3, 0.4) is 0 Å². The molecule has 0 aliphatic carbocycles.